The molecule has 1 aliphatic carbocycles. The van der Waals surface area contributed by atoms with Gasteiger partial charge in [0.1, 0.15) is 12.2 Å². The summed E-state index contributed by atoms with van der Waals surface area (Å²) in [6, 6.07) is 1.53. The van der Waals surface area contributed by atoms with E-state index in [4.69, 9.17) is 5.73 Å². The standard InChI is InChI=1S/C12H12F2N3S/c1-11(8-2-7(15)4-16-10(8)14)9-3-12(9,5-13)18-6-17-11/h2,4,9H,3,5,15H2,1H3/t9?,11-,12?/m1/s1. The molecular weight excluding hydrogens is 256 g/mol. The van der Waals surface area contributed by atoms with Gasteiger partial charge in [0, 0.05) is 11.5 Å². The van der Waals surface area contributed by atoms with Crippen LogP contribution in [0.1, 0.15) is 18.9 Å². The van der Waals surface area contributed by atoms with Crippen LogP contribution < -0.4 is 5.73 Å². The molecular formula is C12H12F2N3S. The molecule has 3 rings (SSSR count). The van der Waals surface area contributed by atoms with Gasteiger partial charge in [-0.1, -0.05) is 11.8 Å². The zero-order valence-corrected chi connectivity index (χ0v) is 10.6. The molecule has 0 aromatic carbocycles. The summed E-state index contributed by atoms with van der Waals surface area (Å²) in [5.74, 6) is -0.622. The third-order valence-electron chi connectivity index (χ3n) is 3.86. The van der Waals surface area contributed by atoms with Gasteiger partial charge in [0.15, 0.2) is 0 Å². The number of fused-ring (bicyclic) bond motifs is 1. The molecule has 95 valence electrons. The maximum absolute atomic E-state index is 13.9. The third-order valence-corrected chi connectivity index (χ3v) is 5.01. The summed E-state index contributed by atoms with van der Waals surface area (Å²) in [6.07, 6.45) is 1.94. The summed E-state index contributed by atoms with van der Waals surface area (Å²) in [5, 5.41) is 0. The minimum atomic E-state index is -0.816. The summed E-state index contributed by atoms with van der Waals surface area (Å²) in [6.45, 7) is 1.35. The first-order chi connectivity index (χ1) is 8.52. The summed E-state index contributed by atoms with van der Waals surface area (Å²) in [4.78, 5) is 7.88. The molecule has 2 heterocycles. The highest BCUT2D eigenvalue weighted by molar-refractivity contribution is 8.13. The Hall–Kier alpha value is -1.17. The molecule has 0 amide bonds. The van der Waals surface area contributed by atoms with E-state index in [1.165, 1.54) is 24.0 Å². The molecule has 6 heteroatoms. The zero-order valence-electron chi connectivity index (χ0n) is 9.78. The zero-order chi connectivity index (χ0) is 13.0. The normalized spacial score (nSPS) is 37.4. The van der Waals surface area contributed by atoms with Crippen molar-refractivity contribution in [2.24, 2.45) is 10.9 Å². The van der Waals surface area contributed by atoms with Crippen LogP contribution in [0.2, 0.25) is 0 Å². The highest BCUT2D eigenvalue weighted by Gasteiger charge is 2.65. The van der Waals surface area contributed by atoms with Crippen molar-refractivity contribution < 1.29 is 8.78 Å². The molecule has 1 aliphatic heterocycles. The van der Waals surface area contributed by atoms with Crippen LogP contribution in [-0.2, 0) is 5.54 Å². The van der Waals surface area contributed by atoms with Crippen LogP contribution in [0, 0.1) is 11.9 Å². The Balaban J connectivity index is 2.08. The summed E-state index contributed by atoms with van der Waals surface area (Å²) < 4.78 is 26.5. The van der Waals surface area contributed by atoms with E-state index in [0.29, 0.717) is 17.7 Å². The second-order valence-corrected chi connectivity index (χ2v) is 6.21. The molecule has 18 heavy (non-hydrogen) atoms. The van der Waals surface area contributed by atoms with Crippen LogP contribution in [0.25, 0.3) is 0 Å². The smallest absolute Gasteiger partial charge is 0.218 e. The van der Waals surface area contributed by atoms with E-state index in [0.717, 1.165) is 0 Å². The average Bonchev–Trinajstić information content (AvgIpc) is 3.09. The van der Waals surface area contributed by atoms with E-state index in [2.05, 4.69) is 15.5 Å². The number of nitrogens with two attached hydrogens (primary N) is 1. The summed E-state index contributed by atoms with van der Waals surface area (Å²) >= 11 is 1.28. The Kier molecular flexibility index (Phi) is 2.42. The molecule has 1 fully saturated rings. The van der Waals surface area contributed by atoms with Gasteiger partial charge in [0.2, 0.25) is 5.95 Å². The Morgan fingerprint density at radius 2 is 2.44 bits per heavy atom. The van der Waals surface area contributed by atoms with Crippen LogP contribution >= 0.6 is 11.8 Å². The Morgan fingerprint density at radius 3 is 3.17 bits per heavy atom. The van der Waals surface area contributed by atoms with Crippen molar-refractivity contribution in [1.82, 2.24) is 4.98 Å². The number of rotatable bonds is 2. The number of pyridine rings is 1. The number of hydrogen-bond acceptors (Lipinski definition) is 4. The van der Waals surface area contributed by atoms with Gasteiger partial charge in [-0.2, -0.15) is 4.39 Å². The third kappa shape index (κ3) is 1.48. The van der Waals surface area contributed by atoms with Crippen LogP contribution in [0.15, 0.2) is 17.3 Å². The van der Waals surface area contributed by atoms with E-state index < -0.39 is 22.9 Å². The lowest BCUT2D eigenvalue weighted by Gasteiger charge is -2.31. The monoisotopic (exact) mass is 268 g/mol. The first kappa shape index (κ1) is 11.9. The molecule has 0 bridgehead atoms. The number of alkyl halides is 1. The molecule has 3 atom stereocenters. The van der Waals surface area contributed by atoms with E-state index in [1.54, 1.807) is 6.92 Å². The molecule has 1 aromatic heterocycles. The minimum Gasteiger partial charge on any atom is -0.397 e. The molecule has 1 aromatic rings. The van der Waals surface area contributed by atoms with Gasteiger partial charge in [0.25, 0.3) is 0 Å². The first-order valence-electron chi connectivity index (χ1n) is 5.64. The minimum absolute atomic E-state index is 0.0284. The maximum Gasteiger partial charge on any atom is 0.218 e. The predicted molar refractivity (Wildman–Crippen MR) is 67.8 cm³/mol. The van der Waals surface area contributed by atoms with Crippen LogP contribution in [-0.4, -0.2) is 22.0 Å². The predicted octanol–water partition coefficient (Wildman–Crippen LogP) is 2.40. The fourth-order valence-electron chi connectivity index (χ4n) is 2.64. The number of nitrogen functional groups attached to an aromatic ring is 1. The highest BCUT2D eigenvalue weighted by Crippen LogP contribution is 2.65. The van der Waals surface area contributed by atoms with Crippen LogP contribution in [0.4, 0.5) is 14.5 Å². The van der Waals surface area contributed by atoms with Crippen molar-refractivity contribution >= 4 is 23.0 Å². The van der Waals surface area contributed by atoms with Crippen molar-refractivity contribution in [1.29, 1.82) is 0 Å². The molecule has 0 spiro atoms. The Labute approximate surface area is 108 Å². The van der Waals surface area contributed by atoms with Gasteiger partial charge in [-0.25, -0.2) is 9.37 Å². The van der Waals surface area contributed by atoms with E-state index >= 15 is 0 Å². The number of anilines is 1. The van der Waals surface area contributed by atoms with Gasteiger partial charge < -0.3 is 5.73 Å². The molecule has 1 radical (unpaired) electrons. The van der Waals surface area contributed by atoms with E-state index in [-0.39, 0.29) is 5.92 Å². The highest BCUT2D eigenvalue weighted by atomic mass is 32.2. The molecule has 2 aliphatic rings. The Morgan fingerprint density at radius 1 is 1.67 bits per heavy atom. The van der Waals surface area contributed by atoms with Crippen LogP contribution in [0.5, 0.6) is 0 Å². The van der Waals surface area contributed by atoms with Gasteiger partial charge in [-0.15, -0.1) is 0 Å². The number of hydrogen-bond donors (Lipinski definition) is 1. The maximum atomic E-state index is 13.9. The largest absolute Gasteiger partial charge is 0.397 e. The van der Waals surface area contributed by atoms with Crippen molar-refractivity contribution in [3.63, 3.8) is 0 Å². The molecule has 1 saturated carbocycles. The van der Waals surface area contributed by atoms with Crippen molar-refractivity contribution in [2.45, 2.75) is 23.6 Å². The fourth-order valence-corrected chi connectivity index (χ4v) is 3.73. The van der Waals surface area contributed by atoms with Gasteiger partial charge in [0.05, 0.1) is 22.2 Å². The van der Waals surface area contributed by atoms with E-state index in [1.807, 2.05) is 0 Å². The van der Waals surface area contributed by atoms with Crippen molar-refractivity contribution in [3.05, 3.63) is 23.8 Å². The summed E-state index contributed by atoms with van der Waals surface area (Å²) in [5.41, 5.74) is 8.31. The number of thioether (sulfide) groups is 1. The second-order valence-electron chi connectivity index (χ2n) is 5.01. The molecule has 3 nitrogen and oxygen atoms in total. The number of aliphatic imine (C=N–C) groups is 1. The lowest BCUT2D eigenvalue weighted by Crippen LogP contribution is -2.32. The fraction of sp³-hybridized carbons (Fsp3) is 0.500. The quantitative estimate of drug-likeness (QED) is 0.838. The van der Waals surface area contributed by atoms with E-state index in [9.17, 15) is 8.78 Å². The average molecular weight is 268 g/mol. The van der Waals surface area contributed by atoms with Crippen LogP contribution in [0.3, 0.4) is 0 Å². The topological polar surface area (TPSA) is 51.3 Å². The second kappa shape index (κ2) is 3.66. The van der Waals surface area contributed by atoms with Crippen molar-refractivity contribution in [2.75, 3.05) is 12.4 Å². The number of nitrogens with zero attached hydrogens (tertiary/aromatic N) is 2. The number of aromatic nitrogens is 1. The number of halogens is 2. The lowest BCUT2D eigenvalue weighted by atomic mass is 9.87. The van der Waals surface area contributed by atoms with Gasteiger partial charge >= 0.3 is 0 Å². The van der Waals surface area contributed by atoms with Gasteiger partial charge in [-0.3, -0.25) is 4.99 Å². The molecule has 0 saturated heterocycles. The summed E-state index contributed by atoms with van der Waals surface area (Å²) in [7, 11) is 0. The Bertz CT molecular complexity index is 536. The van der Waals surface area contributed by atoms with Gasteiger partial charge in [-0.05, 0) is 19.4 Å². The molecule has 2 unspecified atom stereocenters. The van der Waals surface area contributed by atoms with Crippen molar-refractivity contribution in [3.8, 4) is 0 Å². The first-order valence-corrected chi connectivity index (χ1v) is 6.46. The SMILES string of the molecule is C[C@]1(c2cc(N)cnc2F)N=[C]SC2(CF)CC21. The molecule has 2 N–H and O–H groups in total. The lowest BCUT2D eigenvalue weighted by molar-refractivity contribution is 0.361.